The average Bonchev–Trinajstić information content (AvgIpc) is 3.53. The average molecular weight is 561 g/mol. The predicted molar refractivity (Wildman–Crippen MR) is 155 cm³/mol. The standard InChI is InChI=1S/C33H40N2O6/c1-6-17-34(25-18-21(3)13-14-22(25)4)30(38)28-33-16-15-32(5,41-33)27(31(39)40-7-2)26(33)29(37)35(28)24(20-36)19-23-11-9-8-10-12-23/h6,8-14,18,24,26-28,36H,1,7,15-17,19-20H2,2-5H3/t24-,26+,27-,28?,32+,33?/m1/s1. The topological polar surface area (TPSA) is 96.4 Å². The lowest BCUT2D eigenvalue weighted by Gasteiger charge is -2.40. The summed E-state index contributed by atoms with van der Waals surface area (Å²) in [5, 5.41) is 10.7. The van der Waals surface area contributed by atoms with E-state index in [0.717, 1.165) is 22.4 Å². The number of rotatable bonds is 10. The largest absolute Gasteiger partial charge is 0.466 e. The molecule has 3 fully saturated rings. The van der Waals surface area contributed by atoms with Gasteiger partial charge in [0.25, 0.3) is 5.91 Å². The van der Waals surface area contributed by atoms with Crippen LogP contribution in [0.3, 0.4) is 0 Å². The predicted octanol–water partition coefficient (Wildman–Crippen LogP) is 3.75. The van der Waals surface area contributed by atoms with E-state index in [1.54, 1.807) is 17.9 Å². The van der Waals surface area contributed by atoms with Crippen LogP contribution >= 0.6 is 0 Å². The Kier molecular flexibility index (Phi) is 7.83. The van der Waals surface area contributed by atoms with E-state index < -0.39 is 41.1 Å². The van der Waals surface area contributed by atoms with Gasteiger partial charge in [0.05, 0.1) is 30.8 Å². The van der Waals surface area contributed by atoms with Gasteiger partial charge in [0.15, 0.2) is 0 Å². The summed E-state index contributed by atoms with van der Waals surface area (Å²) in [5.41, 5.74) is 1.41. The van der Waals surface area contributed by atoms with Crippen molar-refractivity contribution >= 4 is 23.5 Å². The van der Waals surface area contributed by atoms with Crippen LogP contribution < -0.4 is 4.90 Å². The number of likely N-dealkylation sites (tertiary alicyclic amines) is 1. The molecule has 1 N–H and O–H groups in total. The maximum Gasteiger partial charge on any atom is 0.312 e. The molecule has 2 aromatic carbocycles. The third-order valence-electron chi connectivity index (χ3n) is 9.14. The molecular formula is C33H40N2O6. The summed E-state index contributed by atoms with van der Waals surface area (Å²) in [4.78, 5) is 45.9. The Morgan fingerprint density at radius 1 is 1.22 bits per heavy atom. The molecule has 2 unspecified atom stereocenters. The number of benzene rings is 2. The summed E-state index contributed by atoms with van der Waals surface area (Å²) in [6.07, 6.45) is 2.98. The third-order valence-corrected chi connectivity index (χ3v) is 9.14. The number of ether oxygens (including phenoxy) is 2. The van der Waals surface area contributed by atoms with Crippen molar-refractivity contribution in [3.8, 4) is 0 Å². The van der Waals surface area contributed by atoms with Crippen LogP contribution in [0.25, 0.3) is 0 Å². The van der Waals surface area contributed by atoms with Gasteiger partial charge in [-0.25, -0.2) is 0 Å². The van der Waals surface area contributed by atoms with Crippen molar-refractivity contribution in [2.45, 2.75) is 70.2 Å². The smallest absolute Gasteiger partial charge is 0.312 e. The number of hydrogen-bond acceptors (Lipinski definition) is 6. The molecule has 3 aliphatic rings. The van der Waals surface area contributed by atoms with Gasteiger partial charge in [0.1, 0.15) is 17.6 Å². The minimum absolute atomic E-state index is 0.179. The van der Waals surface area contributed by atoms with Crippen molar-refractivity contribution in [1.29, 1.82) is 0 Å². The maximum absolute atomic E-state index is 14.9. The monoisotopic (exact) mass is 560 g/mol. The van der Waals surface area contributed by atoms with Gasteiger partial charge in [0, 0.05) is 12.2 Å². The quantitative estimate of drug-likeness (QED) is 0.351. The molecule has 218 valence electrons. The molecule has 0 saturated carbocycles. The number of aliphatic hydroxyl groups excluding tert-OH is 1. The Morgan fingerprint density at radius 3 is 2.61 bits per heavy atom. The minimum atomic E-state index is -1.22. The molecule has 0 aliphatic carbocycles. The van der Waals surface area contributed by atoms with Gasteiger partial charge < -0.3 is 24.4 Å². The van der Waals surface area contributed by atoms with Crippen LogP contribution in [0.5, 0.6) is 0 Å². The first-order valence-corrected chi connectivity index (χ1v) is 14.4. The number of carbonyl (C=O) groups is 3. The lowest BCUT2D eigenvalue weighted by Crippen LogP contribution is -2.59. The normalized spacial score (nSPS) is 28.9. The van der Waals surface area contributed by atoms with Crippen LogP contribution in [0, 0.1) is 25.7 Å². The van der Waals surface area contributed by atoms with Crippen LogP contribution in [0.15, 0.2) is 61.2 Å². The fraction of sp³-hybridized carbons (Fsp3) is 0.485. The molecule has 8 heteroatoms. The van der Waals surface area contributed by atoms with E-state index >= 15 is 0 Å². The molecule has 2 bridgehead atoms. The number of anilines is 1. The Hall–Kier alpha value is -3.49. The van der Waals surface area contributed by atoms with E-state index in [-0.39, 0.29) is 31.6 Å². The summed E-state index contributed by atoms with van der Waals surface area (Å²) in [7, 11) is 0. The summed E-state index contributed by atoms with van der Waals surface area (Å²) in [6, 6.07) is 13.8. The van der Waals surface area contributed by atoms with Gasteiger partial charge in [-0.1, -0.05) is 48.5 Å². The lowest BCUT2D eigenvalue weighted by atomic mass is 9.66. The highest BCUT2D eigenvalue weighted by atomic mass is 16.6. The highest BCUT2D eigenvalue weighted by Crippen LogP contribution is 2.64. The first-order valence-electron chi connectivity index (χ1n) is 14.4. The third kappa shape index (κ3) is 4.67. The second-order valence-corrected chi connectivity index (χ2v) is 11.8. The van der Waals surface area contributed by atoms with Crippen molar-refractivity contribution in [3.05, 3.63) is 77.9 Å². The number of carbonyl (C=O) groups excluding carboxylic acids is 3. The highest BCUT2D eigenvalue weighted by Gasteiger charge is 2.79. The van der Waals surface area contributed by atoms with E-state index in [9.17, 15) is 19.5 Å². The molecule has 3 saturated heterocycles. The summed E-state index contributed by atoms with van der Waals surface area (Å²) in [6.45, 7) is 11.4. The van der Waals surface area contributed by atoms with E-state index in [0.29, 0.717) is 19.3 Å². The SMILES string of the molecule is C=CCN(C(=O)C1N([C@@H](CO)Cc2ccccc2)C(=O)[C@@H]2[C@H](C(=O)OCC)[C@]3(C)CCC12O3)c1cc(C)ccc1C. The molecule has 3 aliphatic heterocycles. The van der Waals surface area contributed by atoms with Gasteiger partial charge in [-0.05, 0) is 69.7 Å². The summed E-state index contributed by atoms with van der Waals surface area (Å²) < 4.78 is 12.2. The number of hydrogen-bond donors (Lipinski definition) is 1. The molecule has 0 radical (unpaired) electrons. The zero-order chi connectivity index (χ0) is 29.5. The fourth-order valence-corrected chi connectivity index (χ4v) is 7.36. The van der Waals surface area contributed by atoms with Crippen molar-refractivity contribution < 1.29 is 29.0 Å². The number of nitrogens with zero attached hydrogens (tertiary/aromatic N) is 2. The van der Waals surface area contributed by atoms with Crippen LogP contribution in [0.4, 0.5) is 5.69 Å². The van der Waals surface area contributed by atoms with Crippen molar-refractivity contribution in [3.63, 3.8) is 0 Å². The lowest BCUT2D eigenvalue weighted by molar-refractivity contribution is -0.160. The van der Waals surface area contributed by atoms with Gasteiger partial charge >= 0.3 is 5.97 Å². The van der Waals surface area contributed by atoms with Gasteiger partial charge in [0.2, 0.25) is 5.91 Å². The molecule has 0 aromatic heterocycles. The second-order valence-electron chi connectivity index (χ2n) is 11.8. The zero-order valence-electron chi connectivity index (χ0n) is 24.3. The molecular weight excluding hydrogens is 520 g/mol. The zero-order valence-corrected chi connectivity index (χ0v) is 24.3. The highest BCUT2D eigenvalue weighted by molar-refractivity contribution is 6.05. The number of fused-ring (bicyclic) bond motifs is 1. The Labute approximate surface area is 241 Å². The van der Waals surface area contributed by atoms with Gasteiger partial charge in [-0.15, -0.1) is 6.58 Å². The first kappa shape index (κ1) is 29.0. The van der Waals surface area contributed by atoms with E-state index in [4.69, 9.17) is 9.47 Å². The maximum atomic E-state index is 14.9. The van der Waals surface area contributed by atoms with Crippen molar-refractivity contribution in [2.75, 3.05) is 24.7 Å². The van der Waals surface area contributed by atoms with Crippen LogP contribution in [-0.4, -0.2) is 70.8 Å². The van der Waals surface area contributed by atoms with Gasteiger partial charge in [-0.2, -0.15) is 0 Å². The Bertz CT molecular complexity index is 1340. The number of esters is 1. The molecule has 41 heavy (non-hydrogen) atoms. The molecule has 6 atom stereocenters. The number of aryl methyl sites for hydroxylation is 2. The molecule has 8 nitrogen and oxygen atoms in total. The van der Waals surface area contributed by atoms with Crippen LogP contribution in [0.2, 0.25) is 0 Å². The minimum Gasteiger partial charge on any atom is -0.466 e. The number of aliphatic hydroxyl groups is 1. The van der Waals surface area contributed by atoms with Crippen molar-refractivity contribution in [1.82, 2.24) is 4.90 Å². The van der Waals surface area contributed by atoms with E-state index in [2.05, 4.69) is 6.58 Å². The summed E-state index contributed by atoms with van der Waals surface area (Å²) >= 11 is 0. The summed E-state index contributed by atoms with van der Waals surface area (Å²) in [5.74, 6) is -2.87. The first-order chi connectivity index (χ1) is 19.6. The Morgan fingerprint density at radius 2 is 1.95 bits per heavy atom. The molecule has 1 spiro atoms. The molecule has 2 aromatic rings. The van der Waals surface area contributed by atoms with Crippen molar-refractivity contribution in [2.24, 2.45) is 11.8 Å². The van der Waals surface area contributed by atoms with Crippen LogP contribution in [-0.2, 0) is 30.3 Å². The Balaban J connectivity index is 1.65. The molecule has 3 heterocycles. The van der Waals surface area contributed by atoms with E-state index in [1.807, 2.05) is 69.3 Å². The van der Waals surface area contributed by atoms with E-state index in [1.165, 1.54) is 4.90 Å². The second kappa shape index (κ2) is 11.1. The van der Waals surface area contributed by atoms with Gasteiger partial charge in [-0.3, -0.25) is 14.4 Å². The fourth-order valence-electron chi connectivity index (χ4n) is 7.36. The van der Waals surface area contributed by atoms with Crippen LogP contribution in [0.1, 0.15) is 43.4 Å². The molecule has 5 rings (SSSR count). The number of amides is 2. The molecule has 2 amide bonds.